The number of hydrogen-bond donors (Lipinski definition) is 0. The topological polar surface area (TPSA) is 79.9 Å². The minimum Gasteiger partial charge on any atom is -0.214 e. The molecule has 1 atom stereocenters. The first-order valence-corrected chi connectivity index (χ1v) is 4.76. The van der Waals surface area contributed by atoms with Crippen LogP contribution in [-0.2, 0) is 37.5 Å². The van der Waals surface area contributed by atoms with Crippen LogP contribution in [0.4, 0.5) is 0 Å². The fraction of sp³-hybridized carbons (Fsp3) is 0.100. The third kappa shape index (κ3) is 37.9. The third-order valence-electron chi connectivity index (χ3n) is 0.809. The van der Waals surface area contributed by atoms with Crippen molar-refractivity contribution in [3.8, 4) is 0 Å². The molecule has 1 rings (SSSR count). The molecule has 0 heterocycles. The maximum Gasteiger partial charge on any atom is 6.00 e. The van der Waals surface area contributed by atoms with Crippen LogP contribution in [0.5, 0.6) is 0 Å². The Morgan fingerprint density at radius 1 is 1.31 bits per heavy atom. The summed E-state index contributed by atoms with van der Waals surface area (Å²) >= 11 is -1.93. The molecule has 1 aromatic carbocycles. The Morgan fingerprint density at radius 3 is 1.75 bits per heavy atom. The average Bonchev–Trinajstić information content (AvgIpc) is 2.82. The summed E-state index contributed by atoms with van der Waals surface area (Å²) in [4.78, 5) is 0. The summed E-state index contributed by atoms with van der Waals surface area (Å²) in [6, 6.07) is 10.0. The molecule has 0 saturated heterocycles. The summed E-state index contributed by atoms with van der Waals surface area (Å²) in [7, 11) is 0. The van der Waals surface area contributed by atoms with E-state index in [2.05, 4.69) is 19.9 Å². The number of hydrogen-bond acceptors (Lipinski definition) is 2. The molecule has 0 fully saturated rings. The van der Waals surface area contributed by atoms with Gasteiger partial charge in [-0.2, -0.15) is 18.2 Å². The van der Waals surface area contributed by atoms with Crippen molar-refractivity contribution in [2.75, 3.05) is 5.75 Å². The van der Waals surface area contributed by atoms with E-state index in [9.17, 15) is 8.76 Å². The molecule has 6 heteroatoms. The van der Waals surface area contributed by atoms with E-state index in [-0.39, 0.29) is 22.8 Å². The Kier molecular flexibility index (Phi) is 44.6. The molecule has 0 bridgehead atoms. The fourth-order valence-corrected chi connectivity index (χ4v) is 0.609. The zero-order valence-electron chi connectivity index (χ0n) is 8.27. The van der Waals surface area contributed by atoms with Gasteiger partial charge in [-0.15, -0.1) is 6.58 Å². The summed E-state index contributed by atoms with van der Waals surface area (Å²) in [6.07, 6.45) is 1.34. The van der Waals surface area contributed by atoms with Crippen LogP contribution in [0.2, 0.25) is 0 Å². The van der Waals surface area contributed by atoms with Gasteiger partial charge in [0, 0.05) is 5.75 Å². The third-order valence-corrected chi connectivity index (χ3v) is 1.32. The van der Waals surface area contributed by atoms with Gasteiger partial charge in [0.1, 0.15) is 0 Å². The van der Waals surface area contributed by atoms with Crippen LogP contribution in [-0.4, -0.2) is 14.5 Å². The molecule has 0 N–H and O–H groups in total. The van der Waals surface area contributed by atoms with Crippen LogP contribution in [0, 0.1) is 13.3 Å². The minimum atomic E-state index is -1.93. The van der Waals surface area contributed by atoms with Gasteiger partial charge in [0.2, 0.25) is 0 Å². The fourth-order valence-electron chi connectivity index (χ4n) is 0.417. The molecular weight excluding hydrogens is 272 g/mol. The predicted octanol–water partition coefficient (Wildman–Crippen LogP) is 1.38. The molecule has 0 saturated carbocycles. The average molecular weight is 282 g/mol. The second-order valence-electron chi connectivity index (χ2n) is 1.72. The summed E-state index contributed by atoms with van der Waals surface area (Å²) < 4.78 is 34.1. The van der Waals surface area contributed by atoms with E-state index in [0.29, 0.717) is 0 Å². The molecule has 0 spiro atoms. The molecule has 1 aromatic rings. The van der Waals surface area contributed by atoms with Crippen LogP contribution in [0.1, 0.15) is 0 Å². The van der Waals surface area contributed by atoms with Gasteiger partial charge in [0.25, 0.3) is 0 Å². The maximum absolute atomic E-state index is 9.53. The minimum absolute atomic E-state index is 0. The molecule has 0 radical (unpaired) electrons. The van der Waals surface area contributed by atoms with Crippen molar-refractivity contribution in [2.24, 2.45) is 0 Å². The molecule has 0 amide bonds. The summed E-state index contributed by atoms with van der Waals surface area (Å²) in [5, 5.41) is 0. The first-order valence-electron chi connectivity index (χ1n) is 3.51. The molecule has 0 aliphatic heterocycles. The second kappa shape index (κ2) is 29.2. The van der Waals surface area contributed by atoms with Gasteiger partial charge >= 0.3 is 39.7 Å². The molecule has 0 aliphatic rings. The van der Waals surface area contributed by atoms with Crippen molar-refractivity contribution in [3.63, 3.8) is 0 Å². The Bertz CT molecular complexity index is 244. The molecule has 0 aromatic heterocycles. The van der Waals surface area contributed by atoms with Crippen LogP contribution in [0.25, 0.3) is 0 Å². The van der Waals surface area contributed by atoms with E-state index in [0.717, 1.165) is 0 Å². The van der Waals surface area contributed by atoms with Gasteiger partial charge in [-0.3, -0.25) is 4.21 Å². The van der Waals surface area contributed by atoms with Crippen molar-refractivity contribution in [1.82, 2.24) is 0 Å². The Hall–Kier alpha value is -0.801. The van der Waals surface area contributed by atoms with Gasteiger partial charge in [-0.25, -0.2) is 12.1 Å². The zero-order valence-corrected chi connectivity index (χ0v) is 10.2. The maximum atomic E-state index is 9.53. The van der Waals surface area contributed by atoms with E-state index in [1.165, 1.54) is 6.08 Å². The van der Waals surface area contributed by atoms with Crippen LogP contribution >= 0.6 is 0 Å². The Morgan fingerprint density at radius 2 is 1.69 bits per heavy atom. The van der Waals surface area contributed by atoms with Gasteiger partial charge in [0.05, 0.1) is 0 Å². The Labute approximate surface area is 108 Å². The monoisotopic (exact) mass is 282 g/mol. The van der Waals surface area contributed by atoms with Gasteiger partial charge in [-0.1, -0.05) is 17.2 Å². The van der Waals surface area contributed by atoms with Crippen molar-refractivity contribution >= 4 is 11.1 Å². The van der Waals surface area contributed by atoms with E-state index in [1.54, 1.807) is 0 Å². The van der Waals surface area contributed by atoms with Crippen LogP contribution in [0.15, 0.2) is 43.0 Å². The predicted molar refractivity (Wildman–Crippen MR) is 53.9 cm³/mol. The molecule has 0 aliphatic carbocycles. The largest absolute Gasteiger partial charge is 6.00 e. The van der Waals surface area contributed by atoms with E-state index in [1.807, 2.05) is 30.3 Å². The zero-order chi connectivity index (χ0) is 12.5. The number of rotatable bonds is 2. The summed E-state index contributed by atoms with van der Waals surface area (Å²) in [6.45, 7) is 12.2. The standard InChI is InChI=1S/C5H5.C3H6O2S.2CO.Fe/c1-2-4-5-3-1;1-2-3-6(4)5;2*1-2;/h1-5H;2H,1,3H2,(H,4,5);;;/q-1;;;;+6/p-1. The van der Waals surface area contributed by atoms with E-state index in [4.69, 9.17) is 9.30 Å². The van der Waals surface area contributed by atoms with Gasteiger partial charge in [0.15, 0.2) is 0 Å². The van der Waals surface area contributed by atoms with Crippen LogP contribution in [0.3, 0.4) is 0 Å². The smallest absolute Gasteiger partial charge is 0.214 e. The van der Waals surface area contributed by atoms with Gasteiger partial charge in [-0.05, 0) is 0 Å². The van der Waals surface area contributed by atoms with Crippen molar-refractivity contribution in [1.29, 1.82) is 0 Å². The molecule has 84 valence electrons. The SMILES string of the molecule is C=CCS(=O)[O-].[C-]#[O+].[C-]#[O+].[Fe+6].c1cc[cH-]c1. The molecule has 1 unspecified atom stereocenters. The second-order valence-corrected chi connectivity index (χ2v) is 2.66. The summed E-state index contributed by atoms with van der Waals surface area (Å²) in [5.41, 5.74) is 0. The van der Waals surface area contributed by atoms with Gasteiger partial charge < -0.3 is 4.55 Å². The summed E-state index contributed by atoms with van der Waals surface area (Å²) in [5.74, 6) is 0.0556. The normalized spacial score (nSPS) is 7.81. The van der Waals surface area contributed by atoms with Crippen LogP contribution < -0.4 is 0 Å². The molecular formula is C10H10FeO4S+4. The van der Waals surface area contributed by atoms with Crippen molar-refractivity contribution in [2.45, 2.75) is 0 Å². The van der Waals surface area contributed by atoms with E-state index >= 15 is 0 Å². The first-order chi connectivity index (χ1) is 7.27. The molecule has 4 nitrogen and oxygen atoms in total. The quantitative estimate of drug-likeness (QED) is 0.270. The Balaban J connectivity index is -0.0000000658. The van der Waals surface area contributed by atoms with Crippen molar-refractivity contribution in [3.05, 3.63) is 56.3 Å². The van der Waals surface area contributed by atoms with E-state index < -0.39 is 11.1 Å². The first kappa shape index (κ1) is 24.4. The van der Waals surface area contributed by atoms with Crippen molar-refractivity contribution < 1.29 is 35.1 Å². The molecule has 16 heavy (non-hydrogen) atoms.